The SMILES string of the molecule is Cc1ccc(C)c(SC(CN)C(C)C)c1. The van der Waals surface area contributed by atoms with Crippen molar-refractivity contribution in [2.24, 2.45) is 11.7 Å². The highest BCUT2D eigenvalue weighted by molar-refractivity contribution is 8.00. The van der Waals surface area contributed by atoms with Gasteiger partial charge in [0.25, 0.3) is 0 Å². The van der Waals surface area contributed by atoms with Gasteiger partial charge >= 0.3 is 0 Å². The van der Waals surface area contributed by atoms with Crippen LogP contribution in [0.15, 0.2) is 23.1 Å². The van der Waals surface area contributed by atoms with Crippen molar-refractivity contribution in [3.8, 4) is 0 Å². The Bertz CT molecular complexity index is 320. The largest absolute Gasteiger partial charge is 0.329 e. The Labute approximate surface area is 97.4 Å². The highest BCUT2D eigenvalue weighted by Crippen LogP contribution is 2.30. The lowest BCUT2D eigenvalue weighted by atomic mass is 10.1. The third kappa shape index (κ3) is 3.54. The van der Waals surface area contributed by atoms with Crippen molar-refractivity contribution in [3.05, 3.63) is 29.3 Å². The highest BCUT2D eigenvalue weighted by atomic mass is 32.2. The molecule has 1 unspecified atom stereocenters. The summed E-state index contributed by atoms with van der Waals surface area (Å²) in [7, 11) is 0. The second kappa shape index (κ2) is 5.57. The Morgan fingerprint density at radius 3 is 2.47 bits per heavy atom. The minimum atomic E-state index is 0.519. The van der Waals surface area contributed by atoms with E-state index in [-0.39, 0.29) is 0 Å². The second-order valence-electron chi connectivity index (χ2n) is 4.40. The first-order valence-electron chi connectivity index (χ1n) is 5.48. The highest BCUT2D eigenvalue weighted by Gasteiger charge is 2.13. The van der Waals surface area contributed by atoms with Gasteiger partial charge in [-0.1, -0.05) is 31.5 Å². The molecule has 1 aromatic carbocycles. The Morgan fingerprint density at radius 2 is 1.93 bits per heavy atom. The van der Waals surface area contributed by atoms with Crippen molar-refractivity contribution in [2.75, 3.05) is 6.54 Å². The van der Waals surface area contributed by atoms with Crippen molar-refractivity contribution in [1.29, 1.82) is 0 Å². The molecule has 84 valence electrons. The van der Waals surface area contributed by atoms with E-state index in [1.165, 1.54) is 16.0 Å². The summed E-state index contributed by atoms with van der Waals surface area (Å²) in [6.07, 6.45) is 0. The van der Waals surface area contributed by atoms with E-state index >= 15 is 0 Å². The third-order valence-corrected chi connectivity index (χ3v) is 4.33. The number of nitrogens with two attached hydrogens (primary N) is 1. The Balaban J connectivity index is 2.82. The van der Waals surface area contributed by atoms with Gasteiger partial charge in [-0.3, -0.25) is 0 Å². The van der Waals surface area contributed by atoms with Crippen LogP contribution in [0.2, 0.25) is 0 Å². The fourth-order valence-electron chi connectivity index (χ4n) is 1.45. The molecule has 0 amide bonds. The van der Waals surface area contributed by atoms with Crippen LogP contribution in [-0.2, 0) is 0 Å². The third-order valence-electron chi connectivity index (χ3n) is 2.60. The Hall–Kier alpha value is -0.470. The lowest BCUT2D eigenvalue weighted by molar-refractivity contribution is 0.613. The van der Waals surface area contributed by atoms with Crippen molar-refractivity contribution in [3.63, 3.8) is 0 Å². The molecule has 0 bridgehead atoms. The van der Waals surface area contributed by atoms with Gasteiger partial charge in [-0.2, -0.15) is 0 Å². The lowest BCUT2D eigenvalue weighted by Gasteiger charge is -2.19. The molecular formula is C13H21NS. The van der Waals surface area contributed by atoms with Gasteiger partial charge in [-0.25, -0.2) is 0 Å². The topological polar surface area (TPSA) is 26.0 Å². The van der Waals surface area contributed by atoms with Crippen LogP contribution in [0.25, 0.3) is 0 Å². The smallest absolute Gasteiger partial charge is 0.0240 e. The maximum absolute atomic E-state index is 5.79. The molecule has 0 saturated carbocycles. The molecule has 0 heterocycles. The number of benzene rings is 1. The fraction of sp³-hybridized carbons (Fsp3) is 0.538. The molecule has 0 saturated heterocycles. The molecule has 2 N–H and O–H groups in total. The molecule has 0 aromatic heterocycles. The lowest BCUT2D eigenvalue weighted by Crippen LogP contribution is -2.22. The first kappa shape index (κ1) is 12.6. The van der Waals surface area contributed by atoms with E-state index in [0.29, 0.717) is 11.2 Å². The molecular weight excluding hydrogens is 202 g/mol. The average Bonchev–Trinajstić information content (AvgIpc) is 2.18. The molecule has 0 aliphatic heterocycles. The summed E-state index contributed by atoms with van der Waals surface area (Å²) in [5.74, 6) is 0.625. The van der Waals surface area contributed by atoms with Crippen LogP contribution in [-0.4, -0.2) is 11.8 Å². The van der Waals surface area contributed by atoms with Crippen molar-refractivity contribution < 1.29 is 0 Å². The number of rotatable bonds is 4. The molecule has 0 fully saturated rings. The minimum absolute atomic E-state index is 0.519. The van der Waals surface area contributed by atoms with E-state index in [9.17, 15) is 0 Å². The summed E-state index contributed by atoms with van der Waals surface area (Å²) in [5.41, 5.74) is 8.46. The van der Waals surface area contributed by atoms with Crippen molar-refractivity contribution >= 4 is 11.8 Å². The van der Waals surface area contributed by atoms with Gasteiger partial charge in [-0.05, 0) is 31.4 Å². The fourth-order valence-corrected chi connectivity index (χ4v) is 2.66. The van der Waals surface area contributed by atoms with Crippen LogP contribution >= 0.6 is 11.8 Å². The predicted octanol–water partition coefficient (Wildman–Crippen LogP) is 3.38. The Morgan fingerprint density at radius 1 is 1.27 bits per heavy atom. The van der Waals surface area contributed by atoms with Crippen LogP contribution in [0.5, 0.6) is 0 Å². The van der Waals surface area contributed by atoms with Gasteiger partial charge in [-0.15, -0.1) is 11.8 Å². The number of hydrogen-bond acceptors (Lipinski definition) is 2. The van der Waals surface area contributed by atoms with Gasteiger partial charge in [0.2, 0.25) is 0 Å². The molecule has 1 nitrogen and oxygen atoms in total. The minimum Gasteiger partial charge on any atom is -0.329 e. The molecule has 0 spiro atoms. The summed E-state index contributed by atoms with van der Waals surface area (Å²) < 4.78 is 0. The first-order valence-corrected chi connectivity index (χ1v) is 6.36. The maximum atomic E-state index is 5.79. The van der Waals surface area contributed by atoms with Crippen molar-refractivity contribution in [2.45, 2.75) is 37.8 Å². The average molecular weight is 223 g/mol. The zero-order valence-corrected chi connectivity index (χ0v) is 10.9. The standard InChI is InChI=1S/C13H21NS/c1-9(2)13(8-14)15-12-7-10(3)5-6-11(12)4/h5-7,9,13H,8,14H2,1-4H3. The van der Waals surface area contributed by atoms with Crippen molar-refractivity contribution in [1.82, 2.24) is 0 Å². The number of aryl methyl sites for hydroxylation is 2. The van der Waals surface area contributed by atoms with E-state index in [2.05, 4.69) is 45.9 Å². The van der Waals surface area contributed by atoms with E-state index in [0.717, 1.165) is 6.54 Å². The zero-order chi connectivity index (χ0) is 11.4. The molecule has 15 heavy (non-hydrogen) atoms. The number of thioether (sulfide) groups is 1. The summed E-state index contributed by atoms with van der Waals surface area (Å²) in [6, 6.07) is 6.60. The molecule has 0 aliphatic carbocycles. The van der Waals surface area contributed by atoms with Gasteiger partial charge < -0.3 is 5.73 Å². The molecule has 0 radical (unpaired) electrons. The van der Waals surface area contributed by atoms with Crippen LogP contribution in [0.1, 0.15) is 25.0 Å². The van der Waals surface area contributed by atoms with Gasteiger partial charge in [0.05, 0.1) is 0 Å². The van der Waals surface area contributed by atoms with E-state index in [1.54, 1.807) is 0 Å². The normalized spacial score (nSPS) is 13.2. The van der Waals surface area contributed by atoms with Crippen LogP contribution in [0, 0.1) is 19.8 Å². The molecule has 1 rings (SSSR count). The molecule has 0 aliphatic rings. The summed E-state index contributed by atoms with van der Waals surface area (Å²) in [5, 5.41) is 0.519. The summed E-state index contributed by atoms with van der Waals surface area (Å²) in [6.45, 7) is 9.51. The quantitative estimate of drug-likeness (QED) is 0.792. The second-order valence-corrected chi connectivity index (χ2v) is 5.69. The summed E-state index contributed by atoms with van der Waals surface area (Å²) in [4.78, 5) is 1.37. The molecule has 1 atom stereocenters. The first-order chi connectivity index (χ1) is 7.04. The Kier molecular flexibility index (Phi) is 4.68. The van der Waals surface area contributed by atoms with E-state index < -0.39 is 0 Å². The maximum Gasteiger partial charge on any atom is 0.0240 e. The van der Waals surface area contributed by atoms with E-state index in [1.807, 2.05) is 11.8 Å². The molecule has 1 aromatic rings. The zero-order valence-electron chi connectivity index (χ0n) is 10.1. The molecule has 2 heteroatoms. The van der Waals surface area contributed by atoms with Crippen LogP contribution < -0.4 is 5.73 Å². The summed E-state index contributed by atoms with van der Waals surface area (Å²) >= 11 is 1.91. The number of hydrogen-bond donors (Lipinski definition) is 1. The van der Waals surface area contributed by atoms with Crippen LogP contribution in [0.4, 0.5) is 0 Å². The van der Waals surface area contributed by atoms with Crippen LogP contribution in [0.3, 0.4) is 0 Å². The monoisotopic (exact) mass is 223 g/mol. The predicted molar refractivity (Wildman–Crippen MR) is 69.5 cm³/mol. The van der Waals surface area contributed by atoms with Gasteiger partial charge in [0.1, 0.15) is 0 Å². The van der Waals surface area contributed by atoms with E-state index in [4.69, 9.17) is 5.73 Å². The van der Waals surface area contributed by atoms with Gasteiger partial charge in [0, 0.05) is 16.7 Å². The van der Waals surface area contributed by atoms with Gasteiger partial charge in [0.15, 0.2) is 0 Å².